The summed E-state index contributed by atoms with van der Waals surface area (Å²) in [5.41, 5.74) is 6.43. The topological polar surface area (TPSA) is 57.4 Å². The van der Waals surface area contributed by atoms with E-state index in [-0.39, 0.29) is 0 Å². The predicted octanol–water partition coefficient (Wildman–Crippen LogP) is 4.94. The van der Waals surface area contributed by atoms with Gasteiger partial charge in [-0.2, -0.15) is 0 Å². The Morgan fingerprint density at radius 3 is 2.88 bits per heavy atom. The first-order valence-electron chi connectivity index (χ1n) is 7.74. The summed E-state index contributed by atoms with van der Waals surface area (Å²) in [6.07, 6.45) is 3.38. The Morgan fingerprint density at radius 2 is 2.00 bits per heavy atom. The SMILES string of the molecule is Cc1nc2cc(-c3csc4c(C#Cc5cnc[nH]5)csc34)ccc2[nH]1. The minimum Gasteiger partial charge on any atom is -0.342 e. The lowest BCUT2D eigenvalue weighted by Gasteiger charge is -1.98. The molecule has 120 valence electrons. The van der Waals surface area contributed by atoms with Crippen molar-refractivity contribution in [2.45, 2.75) is 6.92 Å². The summed E-state index contributed by atoms with van der Waals surface area (Å²) in [6, 6.07) is 6.40. The average Bonchev–Trinajstić information content (AvgIpc) is 3.36. The molecule has 0 aliphatic rings. The fourth-order valence-electron chi connectivity index (χ4n) is 2.87. The molecule has 0 aliphatic carbocycles. The summed E-state index contributed by atoms with van der Waals surface area (Å²) < 4.78 is 2.52. The number of fused-ring (bicyclic) bond motifs is 2. The van der Waals surface area contributed by atoms with Crippen LogP contribution in [-0.4, -0.2) is 19.9 Å². The van der Waals surface area contributed by atoms with E-state index < -0.39 is 0 Å². The molecule has 25 heavy (non-hydrogen) atoms. The van der Waals surface area contributed by atoms with Gasteiger partial charge in [-0.15, -0.1) is 22.7 Å². The van der Waals surface area contributed by atoms with Gasteiger partial charge in [-0.25, -0.2) is 9.97 Å². The van der Waals surface area contributed by atoms with Gasteiger partial charge in [-0.05, 0) is 30.5 Å². The van der Waals surface area contributed by atoms with Gasteiger partial charge in [0, 0.05) is 16.3 Å². The molecule has 0 unspecified atom stereocenters. The number of H-pyrrole nitrogens is 2. The van der Waals surface area contributed by atoms with Gasteiger partial charge in [0.15, 0.2) is 0 Å². The normalized spacial score (nSPS) is 11.1. The van der Waals surface area contributed by atoms with E-state index in [4.69, 9.17) is 0 Å². The zero-order valence-electron chi connectivity index (χ0n) is 13.3. The van der Waals surface area contributed by atoms with Crippen LogP contribution in [0.4, 0.5) is 0 Å². The molecule has 0 atom stereocenters. The summed E-state index contributed by atoms with van der Waals surface area (Å²) >= 11 is 3.49. The summed E-state index contributed by atoms with van der Waals surface area (Å²) in [6.45, 7) is 1.98. The lowest BCUT2D eigenvalue weighted by atomic mass is 10.1. The van der Waals surface area contributed by atoms with Gasteiger partial charge in [0.1, 0.15) is 11.5 Å². The van der Waals surface area contributed by atoms with Crippen molar-refractivity contribution in [1.82, 2.24) is 19.9 Å². The van der Waals surface area contributed by atoms with Crippen molar-refractivity contribution in [3.63, 3.8) is 0 Å². The number of aromatic nitrogens is 4. The second-order valence-corrected chi connectivity index (χ2v) is 7.49. The molecular formula is C19H12N4S2. The highest BCUT2D eigenvalue weighted by atomic mass is 32.1. The summed E-state index contributed by atoms with van der Waals surface area (Å²) in [5, 5.41) is 4.34. The summed E-state index contributed by atoms with van der Waals surface area (Å²) in [4.78, 5) is 14.8. The van der Waals surface area contributed by atoms with Crippen LogP contribution in [0.1, 0.15) is 17.1 Å². The predicted molar refractivity (Wildman–Crippen MR) is 104 cm³/mol. The van der Waals surface area contributed by atoms with Crippen molar-refractivity contribution in [2.75, 3.05) is 0 Å². The monoisotopic (exact) mass is 360 g/mol. The molecule has 0 spiro atoms. The second-order valence-electron chi connectivity index (χ2n) is 5.73. The largest absolute Gasteiger partial charge is 0.342 e. The molecule has 0 fully saturated rings. The van der Waals surface area contributed by atoms with Crippen LogP contribution in [0.3, 0.4) is 0 Å². The van der Waals surface area contributed by atoms with E-state index in [2.05, 4.69) is 60.7 Å². The maximum absolute atomic E-state index is 4.55. The molecule has 0 amide bonds. The summed E-state index contributed by atoms with van der Waals surface area (Å²) in [7, 11) is 0. The molecule has 0 saturated heterocycles. The number of benzene rings is 1. The number of nitrogens with one attached hydrogen (secondary N) is 2. The van der Waals surface area contributed by atoms with E-state index in [9.17, 15) is 0 Å². The van der Waals surface area contributed by atoms with Crippen molar-refractivity contribution < 1.29 is 0 Å². The van der Waals surface area contributed by atoms with Crippen molar-refractivity contribution in [3.8, 4) is 23.0 Å². The molecule has 0 saturated carbocycles. The lowest BCUT2D eigenvalue weighted by Crippen LogP contribution is -1.75. The molecule has 1 aromatic carbocycles. The Labute approximate surface area is 151 Å². The van der Waals surface area contributed by atoms with E-state index >= 15 is 0 Å². The first-order valence-corrected chi connectivity index (χ1v) is 9.50. The van der Waals surface area contributed by atoms with Crippen LogP contribution >= 0.6 is 22.7 Å². The number of hydrogen-bond acceptors (Lipinski definition) is 4. The molecule has 4 aromatic heterocycles. The standard InChI is InChI=1S/C19H12N4S2/c1-11-22-16-5-3-12(6-17(16)23-11)15-9-25-18-13(8-24-19(15)18)2-4-14-7-20-10-21-14/h3,5-10H,1H3,(H,20,21)(H,22,23). The maximum atomic E-state index is 4.55. The number of rotatable bonds is 1. The van der Waals surface area contributed by atoms with E-state index in [0.29, 0.717) is 0 Å². The highest BCUT2D eigenvalue weighted by molar-refractivity contribution is 7.27. The molecule has 0 bridgehead atoms. The third-order valence-electron chi connectivity index (χ3n) is 4.03. The average molecular weight is 360 g/mol. The van der Waals surface area contributed by atoms with Gasteiger partial charge in [-0.3, -0.25) is 0 Å². The van der Waals surface area contributed by atoms with Crippen LogP contribution < -0.4 is 0 Å². The van der Waals surface area contributed by atoms with Crippen molar-refractivity contribution in [1.29, 1.82) is 0 Å². The molecule has 4 nitrogen and oxygen atoms in total. The molecule has 4 heterocycles. The fourth-order valence-corrected chi connectivity index (χ4v) is 5.18. The third-order valence-corrected chi connectivity index (χ3v) is 6.18. The molecule has 0 radical (unpaired) electrons. The van der Waals surface area contributed by atoms with Crippen LogP contribution in [0.15, 0.2) is 41.5 Å². The molecule has 5 rings (SSSR count). The van der Waals surface area contributed by atoms with Crippen LogP contribution in [0.25, 0.3) is 31.6 Å². The third kappa shape index (κ3) is 2.45. The lowest BCUT2D eigenvalue weighted by molar-refractivity contribution is 1.17. The molecule has 0 aliphatic heterocycles. The molecular weight excluding hydrogens is 348 g/mol. The van der Waals surface area contributed by atoms with Crippen molar-refractivity contribution in [3.05, 3.63) is 58.6 Å². The molecule has 5 aromatic rings. The van der Waals surface area contributed by atoms with Crippen LogP contribution in [0.2, 0.25) is 0 Å². The minimum absolute atomic E-state index is 0.829. The Bertz CT molecular complexity index is 1260. The first kappa shape index (κ1) is 14.5. The van der Waals surface area contributed by atoms with Gasteiger partial charge in [0.25, 0.3) is 0 Å². The van der Waals surface area contributed by atoms with Crippen LogP contribution in [0, 0.1) is 18.8 Å². The van der Waals surface area contributed by atoms with Crippen LogP contribution in [-0.2, 0) is 0 Å². The van der Waals surface area contributed by atoms with Gasteiger partial charge in [-0.1, -0.05) is 12.0 Å². The fraction of sp³-hybridized carbons (Fsp3) is 0.0526. The minimum atomic E-state index is 0.829. The number of imidazole rings is 2. The van der Waals surface area contributed by atoms with Crippen LogP contribution in [0.5, 0.6) is 0 Å². The molecule has 6 heteroatoms. The Balaban J connectivity index is 1.60. The highest BCUT2D eigenvalue weighted by Crippen LogP contribution is 2.40. The highest BCUT2D eigenvalue weighted by Gasteiger charge is 2.12. The van der Waals surface area contributed by atoms with Gasteiger partial charge < -0.3 is 9.97 Å². The quantitative estimate of drug-likeness (QED) is 0.416. The number of nitrogens with zero attached hydrogens (tertiary/aromatic N) is 2. The van der Waals surface area contributed by atoms with E-state index in [1.807, 2.05) is 6.92 Å². The number of aromatic amines is 2. The zero-order valence-corrected chi connectivity index (χ0v) is 14.9. The smallest absolute Gasteiger partial charge is 0.109 e. The Hall–Kier alpha value is -2.88. The van der Waals surface area contributed by atoms with Crippen molar-refractivity contribution >= 4 is 43.1 Å². The number of aryl methyl sites for hydroxylation is 1. The number of thiophene rings is 2. The first-order chi connectivity index (χ1) is 12.3. The van der Waals surface area contributed by atoms with E-state index in [1.54, 1.807) is 35.2 Å². The van der Waals surface area contributed by atoms with Crippen molar-refractivity contribution in [2.24, 2.45) is 0 Å². The summed E-state index contributed by atoms with van der Waals surface area (Å²) in [5.74, 6) is 7.32. The number of hydrogen-bond donors (Lipinski definition) is 2. The maximum Gasteiger partial charge on any atom is 0.109 e. The van der Waals surface area contributed by atoms with Gasteiger partial charge >= 0.3 is 0 Å². The zero-order chi connectivity index (χ0) is 16.8. The Morgan fingerprint density at radius 1 is 1.08 bits per heavy atom. The van der Waals surface area contributed by atoms with E-state index in [0.717, 1.165) is 28.1 Å². The molecule has 2 N–H and O–H groups in total. The second kappa shape index (κ2) is 5.59. The Kier molecular flexibility index (Phi) is 3.23. The van der Waals surface area contributed by atoms with Gasteiger partial charge in [0.2, 0.25) is 0 Å². The van der Waals surface area contributed by atoms with Gasteiger partial charge in [0.05, 0.1) is 38.5 Å². The van der Waals surface area contributed by atoms with E-state index in [1.165, 1.54) is 20.5 Å².